The highest BCUT2D eigenvalue weighted by atomic mass is 32.2. The summed E-state index contributed by atoms with van der Waals surface area (Å²) in [5.74, 6) is 0.472. The molecule has 2 unspecified atom stereocenters. The van der Waals surface area contributed by atoms with Gasteiger partial charge in [0.1, 0.15) is 11.9 Å². The Morgan fingerprint density at radius 2 is 1.76 bits per heavy atom. The second kappa shape index (κ2) is 10.7. The van der Waals surface area contributed by atoms with Gasteiger partial charge in [0.2, 0.25) is 0 Å². The number of aliphatic hydroxyl groups is 1. The molecule has 0 aliphatic carbocycles. The van der Waals surface area contributed by atoms with Gasteiger partial charge in [0.25, 0.3) is 5.91 Å². The Morgan fingerprint density at radius 3 is 2.42 bits per heavy atom. The van der Waals surface area contributed by atoms with Gasteiger partial charge < -0.3 is 19.6 Å². The Bertz CT molecular complexity index is 1090. The number of hydrogen-bond donors (Lipinski definition) is 1. The number of hydrogen-bond acceptors (Lipinski definition) is 6. The van der Waals surface area contributed by atoms with Crippen LogP contribution >= 0.6 is 23.5 Å². The maximum absolute atomic E-state index is 13.4. The molecule has 172 valence electrons. The van der Waals surface area contributed by atoms with E-state index < -0.39 is 11.4 Å². The Hall–Kier alpha value is -2.45. The van der Waals surface area contributed by atoms with Crippen molar-refractivity contribution in [3.8, 4) is 5.75 Å². The number of ether oxygens (including phenoxy) is 1. The van der Waals surface area contributed by atoms with Gasteiger partial charge in [-0.2, -0.15) is 0 Å². The molecule has 0 saturated carbocycles. The summed E-state index contributed by atoms with van der Waals surface area (Å²) in [5, 5.41) is 10.7. The van der Waals surface area contributed by atoms with Gasteiger partial charge in [-0.05, 0) is 62.1 Å². The highest BCUT2D eigenvalue weighted by Crippen LogP contribution is 2.47. The van der Waals surface area contributed by atoms with Crippen molar-refractivity contribution >= 4 is 35.1 Å². The van der Waals surface area contributed by atoms with Gasteiger partial charge in [0, 0.05) is 27.8 Å². The Balaban J connectivity index is 1.72. The van der Waals surface area contributed by atoms with E-state index in [9.17, 15) is 9.90 Å². The van der Waals surface area contributed by atoms with Crippen molar-refractivity contribution < 1.29 is 14.6 Å². The van der Waals surface area contributed by atoms with Crippen molar-refractivity contribution in [3.63, 3.8) is 0 Å². The van der Waals surface area contributed by atoms with Crippen LogP contribution in [0.4, 0.5) is 5.69 Å². The minimum absolute atomic E-state index is 0.271. The number of benzene rings is 3. The van der Waals surface area contributed by atoms with E-state index in [-0.39, 0.29) is 5.91 Å². The number of carbonyl (C=O) groups excluding carboxylic acids is 1. The number of aliphatic hydroxyl groups excluding tert-OH is 1. The molecule has 1 aliphatic rings. The van der Waals surface area contributed by atoms with Gasteiger partial charge in [-0.3, -0.25) is 4.79 Å². The molecule has 3 aromatic carbocycles. The zero-order valence-electron chi connectivity index (χ0n) is 19.0. The molecule has 1 aliphatic heterocycles. The third kappa shape index (κ3) is 5.55. The summed E-state index contributed by atoms with van der Waals surface area (Å²) in [6, 6.07) is 24.0. The highest BCUT2D eigenvalue weighted by molar-refractivity contribution is 8.00. The maximum atomic E-state index is 13.4. The van der Waals surface area contributed by atoms with Gasteiger partial charge >= 0.3 is 0 Å². The van der Waals surface area contributed by atoms with Crippen LogP contribution in [-0.2, 0) is 4.79 Å². The standard InChI is InChI=1S/C26H28N2O3S2/c1-27(2)15-16-28-22-14-13-21(32-20-7-5-4-6-8-20)17-23(22)33-25(24(29)26(28)30)18-9-11-19(31-3)12-10-18/h4-14,17,24-25,29H,15-16H2,1-3H3. The highest BCUT2D eigenvalue weighted by Gasteiger charge is 2.37. The van der Waals surface area contributed by atoms with Crippen LogP contribution in [-0.4, -0.2) is 56.3 Å². The lowest BCUT2D eigenvalue weighted by molar-refractivity contribution is -0.126. The van der Waals surface area contributed by atoms with Crippen LogP contribution in [0.15, 0.2) is 87.5 Å². The second-order valence-corrected chi connectivity index (χ2v) is 10.4. The Morgan fingerprint density at radius 1 is 1.03 bits per heavy atom. The molecular weight excluding hydrogens is 452 g/mol. The minimum Gasteiger partial charge on any atom is -0.497 e. The van der Waals surface area contributed by atoms with E-state index in [0.29, 0.717) is 13.1 Å². The largest absolute Gasteiger partial charge is 0.497 e. The number of rotatable bonds is 7. The fourth-order valence-corrected chi connectivity index (χ4v) is 5.94. The topological polar surface area (TPSA) is 53.0 Å². The van der Waals surface area contributed by atoms with Crippen LogP contribution in [0.25, 0.3) is 0 Å². The van der Waals surface area contributed by atoms with Crippen LogP contribution in [0.3, 0.4) is 0 Å². The molecular formula is C26H28N2O3S2. The van der Waals surface area contributed by atoms with Crippen molar-refractivity contribution in [1.82, 2.24) is 4.90 Å². The van der Waals surface area contributed by atoms with Crippen LogP contribution in [0.1, 0.15) is 10.8 Å². The minimum atomic E-state index is -1.15. The number of amides is 1. The van der Waals surface area contributed by atoms with Gasteiger partial charge in [-0.1, -0.05) is 42.1 Å². The summed E-state index contributed by atoms with van der Waals surface area (Å²) in [6.45, 7) is 1.22. The second-order valence-electron chi connectivity index (χ2n) is 8.09. The molecule has 0 aromatic heterocycles. The Labute approximate surface area is 203 Å². The molecule has 1 amide bonds. The molecule has 3 aromatic rings. The maximum Gasteiger partial charge on any atom is 0.257 e. The van der Waals surface area contributed by atoms with Gasteiger partial charge in [0.05, 0.1) is 18.0 Å². The molecule has 0 radical (unpaired) electrons. The summed E-state index contributed by atoms with van der Waals surface area (Å²) < 4.78 is 5.28. The zero-order valence-corrected chi connectivity index (χ0v) is 20.6. The van der Waals surface area contributed by atoms with Crippen molar-refractivity contribution in [2.75, 3.05) is 39.2 Å². The van der Waals surface area contributed by atoms with Gasteiger partial charge in [0.15, 0.2) is 0 Å². The third-order valence-electron chi connectivity index (χ3n) is 5.48. The van der Waals surface area contributed by atoms with E-state index in [4.69, 9.17) is 4.74 Å². The molecule has 2 atom stereocenters. The summed E-state index contributed by atoms with van der Waals surface area (Å²) in [6.07, 6.45) is -1.15. The van der Waals surface area contributed by atoms with E-state index in [1.807, 2.05) is 73.6 Å². The number of thioether (sulfide) groups is 1. The van der Waals surface area contributed by atoms with Crippen molar-refractivity contribution in [3.05, 3.63) is 78.4 Å². The molecule has 5 nitrogen and oxygen atoms in total. The van der Waals surface area contributed by atoms with E-state index in [1.165, 1.54) is 11.8 Å². The average Bonchev–Trinajstić information content (AvgIpc) is 2.93. The average molecular weight is 481 g/mol. The number of anilines is 1. The van der Waals surface area contributed by atoms with Crippen molar-refractivity contribution in [2.45, 2.75) is 26.0 Å². The number of fused-ring (bicyclic) bond motifs is 1. The number of likely N-dealkylation sites (N-methyl/N-ethyl adjacent to an activating group) is 1. The molecule has 0 bridgehead atoms. The van der Waals surface area contributed by atoms with E-state index in [0.717, 1.165) is 31.7 Å². The smallest absolute Gasteiger partial charge is 0.257 e. The Kier molecular flexibility index (Phi) is 7.65. The first-order valence-corrected chi connectivity index (χ1v) is 12.5. The number of nitrogens with zero attached hydrogens (tertiary/aromatic N) is 2. The molecule has 1 N–H and O–H groups in total. The summed E-state index contributed by atoms with van der Waals surface area (Å²) in [5.41, 5.74) is 1.74. The van der Waals surface area contributed by atoms with Crippen LogP contribution in [0.2, 0.25) is 0 Å². The molecule has 1 heterocycles. The fourth-order valence-electron chi connectivity index (χ4n) is 3.68. The van der Waals surface area contributed by atoms with Crippen molar-refractivity contribution in [1.29, 1.82) is 0 Å². The monoisotopic (exact) mass is 480 g/mol. The lowest BCUT2D eigenvalue weighted by Crippen LogP contribution is -2.43. The first-order chi connectivity index (χ1) is 16.0. The predicted octanol–water partition coefficient (Wildman–Crippen LogP) is 4.95. The quantitative estimate of drug-likeness (QED) is 0.517. The van der Waals surface area contributed by atoms with Gasteiger partial charge in [-0.15, -0.1) is 11.8 Å². The number of carbonyl (C=O) groups is 1. The number of methoxy groups -OCH3 is 1. The van der Waals surface area contributed by atoms with Crippen LogP contribution in [0, 0.1) is 0 Å². The van der Waals surface area contributed by atoms with Crippen molar-refractivity contribution in [2.24, 2.45) is 0 Å². The lowest BCUT2D eigenvalue weighted by atomic mass is 10.1. The van der Waals surface area contributed by atoms with Crippen LogP contribution in [0.5, 0.6) is 5.75 Å². The van der Waals surface area contributed by atoms with E-state index >= 15 is 0 Å². The lowest BCUT2D eigenvalue weighted by Gasteiger charge is -2.26. The first-order valence-electron chi connectivity index (χ1n) is 10.8. The summed E-state index contributed by atoms with van der Waals surface area (Å²) >= 11 is 3.22. The predicted molar refractivity (Wildman–Crippen MR) is 136 cm³/mol. The molecule has 33 heavy (non-hydrogen) atoms. The molecule has 0 saturated heterocycles. The van der Waals surface area contributed by atoms with E-state index in [2.05, 4.69) is 18.2 Å². The summed E-state index contributed by atoms with van der Waals surface area (Å²) in [4.78, 5) is 20.4. The SMILES string of the molecule is COc1ccc(C2Sc3cc(Sc4ccccc4)ccc3N(CCN(C)C)C(=O)C2O)cc1. The molecule has 0 spiro atoms. The van der Waals surface area contributed by atoms with E-state index in [1.54, 1.807) is 23.8 Å². The summed E-state index contributed by atoms with van der Waals surface area (Å²) in [7, 11) is 5.58. The van der Waals surface area contributed by atoms with Crippen LogP contribution < -0.4 is 9.64 Å². The fraction of sp³-hybridized carbons (Fsp3) is 0.269. The molecule has 0 fully saturated rings. The molecule has 4 rings (SSSR count). The zero-order chi connectivity index (χ0) is 23.4. The van der Waals surface area contributed by atoms with Gasteiger partial charge in [-0.25, -0.2) is 0 Å². The normalized spacial score (nSPS) is 18.2. The molecule has 7 heteroatoms. The third-order valence-corrected chi connectivity index (χ3v) is 7.84. The first kappa shape index (κ1) is 23.7.